The van der Waals surface area contributed by atoms with Gasteiger partial charge >= 0.3 is 0 Å². The summed E-state index contributed by atoms with van der Waals surface area (Å²) in [5.74, 6) is 0.903. The van der Waals surface area contributed by atoms with E-state index in [0.717, 1.165) is 32.5 Å². The summed E-state index contributed by atoms with van der Waals surface area (Å²) in [5, 5.41) is 0. The average molecular weight is 273 g/mol. The molecule has 2 fully saturated rings. The third kappa shape index (κ3) is 3.04. The van der Waals surface area contributed by atoms with Crippen molar-refractivity contribution in [3.8, 4) is 0 Å². The fourth-order valence-corrected chi connectivity index (χ4v) is 3.33. The first-order valence-electron chi connectivity index (χ1n) is 7.76. The summed E-state index contributed by atoms with van der Waals surface area (Å²) in [7, 11) is 0. The first-order valence-corrected chi connectivity index (χ1v) is 7.76. The molecule has 0 unspecified atom stereocenters. The minimum atomic E-state index is 0.101. The molecule has 20 heavy (non-hydrogen) atoms. The molecule has 1 aromatic rings. The van der Waals surface area contributed by atoms with Gasteiger partial charge in [-0.25, -0.2) is 0 Å². The smallest absolute Gasteiger partial charge is 0.228 e. The van der Waals surface area contributed by atoms with Crippen molar-refractivity contribution < 1.29 is 9.53 Å². The molecule has 0 bridgehead atoms. The number of ether oxygens (including phenoxy) is 1. The van der Waals surface area contributed by atoms with Gasteiger partial charge in [-0.05, 0) is 24.8 Å². The topological polar surface area (TPSA) is 29.5 Å². The first kappa shape index (κ1) is 13.6. The number of amides is 1. The molecule has 2 saturated heterocycles. The van der Waals surface area contributed by atoms with Crippen LogP contribution in [-0.4, -0.2) is 37.1 Å². The molecular formula is C17H23NO2. The molecule has 0 spiro atoms. The lowest BCUT2D eigenvalue weighted by atomic mass is 9.94. The maximum Gasteiger partial charge on any atom is 0.228 e. The average Bonchev–Trinajstić information content (AvgIpc) is 2.92. The molecular weight excluding hydrogens is 250 g/mol. The lowest BCUT2D eigenvalue weighted by Gasteiger charge is -2.27. The summed E-state index contributed by atoms with van der Waals surface area (Å²) >= 11 is 0. The largest absolute Gasteiger partial charge is 0.381 e. The molecule has 0 saturated carbocycles. The van der Waals surface area contributed by atoms with Crippen molar-refractivity contribution in [1.82, 2.24) is 4.90 Å². The van der Waals surface area contributed by atoms with Crippen molar-refractivity contribution in [2.75, 3.05) is 26.3 Å². The Bertz CT molecular complexity index is 440. The lowest BCUT2D eigenvalue weighted by Crippen LogP contribution is -2.38. The van der Waals surface area contributed by atoms with E-state index in [1.165, 1.54) is 18.4 Å². The van der Waals surface area contributed by atoms with Gasteiger partial charge < -0.3 is 9.64 Å². The zero-order valence-corrected chi connectivity index (χ0v) is 12.0. The van der Waals surface area contributed by atoms with Crippen LogP contribution in [-0.2, 0) is 9.53 Å². The molecule has 0 aromatic heterocycles. The van der Waals surface area contributed by atoms with Crippen LogP contribution >= 0.6 is 0 Å². The molecule has 2 atom stereocenters. The van der Waals surface area contributed by atoms with Gasteiger partial charge in [0.1, 0.15) is 0 Å². The van der Waals surface area contributed by atoms with Gasteiger partial charge in [-0.1, -0.05) is 36.8 Å². The number of hydrogen-bond donors (Lipinski definition) is 0. The van der Waals surface area contributed by atoms with E-state index in [1.54, 1.807) is 0 Å². The second-order valence-electron chi connectivity index (χ2n) is 5.95. The van der Waals surface area contributed by atoms with Crippen LogP contribution < -0.4 is 0 Å². The molecule has 2 aliphatic heterocycles. The number of likely N-dealkylation sites (tertiary alicyclic amines) is 1. The SMILES string of the molecule is O=C([C@@H]1CCOC1)N1CCCC[C@H](c2ccccc2)C1. The molecule has 3 heteroatoms. The summed E-state index contributed by atoms with van der Waals surface area (Å²) < 4.78 is 5.36. The van der Waals surface area contributed by atoms with Crippen molar-refractivity contribution in [2.45, 2.75) is 31.6 Å². The Hall–Kier alpha value is -1.35. The quantitative estimate of drug-likeness (QED) is 0.829. The Labute approximate surface area is 120 Å². The zero-order valence-electron chi connectivity index (χ0n) is 12.0. The standard InChI is InChI=1S/C17H23NO2/c19-17(16-9-11-20-13-16)18-10-5-4-8-15(12-18)14-6-2-1-3-7-14/h1-3,6-7,15-16H,4-5,8-13H2/t15-,16+/m0/s1. The molecule has 3 nitrogen and oxygen atoms in total. The zero-order chi connectivity index (χ0) is 13.8. The molecule has 0 aliphatic carbocycles. The van der Waals surface area contributed by atoms with Gasteiger partial charge in [0.2, 0.25) is 5.91 Å². The van der Waals surface area contributed by atoms with E-state index in [2.05, 4.69) is 35.2 Å². The van der Waals surface area contributed by atoms with Crippen LogP contribution in [0.15, 0.2) is 30.3 Å². The van der Waals surface area contributed by atoms with Gasteiger partial charge in [0.05, 0.1) is 12.5 Å². The summed E-state index contributed by atoms with van der Waals surface area (Å²) in [4.78, 5) is 14.7. The van der Waals surface area contributed by atoms with Crippen LogP contribution in [0.2, 0.25) is 0 Å². The minimum Gasteiger partial charge on any atom is -0.381 e. The highest BCUT2D eigenvalue weighted by Crippen LogP contribution is 2.28. The minimum absolute atomic E-state index is 0.101. The fraction of sp³-hybridized carbons (Fsp3) is 0.588. The van der Waals surface area contributed by atoms with Crippen LogP contribution in [0.5, 0.6) is 0 Å². The summed E-state index contributed by atoms with van der Waals surface area (Å²) in [6, 6.07) is 10.6. The maximum atomic E-state index is 12.6. The van der Waals surface area contributed by atoms with Gasteiger partial charge in [-0.3, -0.25) is 4.79 Å². The normalized spacial score (nSPS) is 27.3. The van der Waals surface area contributed by atoms with Gasteiger partial charge in [0.15, 0.2) is 0 Å². The predicted octanol–water partition coefficient (Wildman–Crippen LogP) is 2.82. The monoisotopic (exact) mass is 273 g/mol. The van der Waals surface area contributed by atoms with Crippen molar-refractivity contribution >= 4 is 5.91 Å². The molecule has 0 radical (unpaired) electrons. The Balaban J connectivity index is 1.70. The molecule has 3 rings (SSSR count). The number of hydrogen-bond acceptors (Lipinski definition) is 2. The lowest BCUT2D eigenvalue weighted by molar-refractivity contribution is -0.135. The van der Waals surface area contributed by atoms with E-state index >= 15 is 0 Å². The fourth-order valence-electron chi connectivity index (χ4n) is 3.33. The van der Waals surface area contributed by atoms with Crippen LogP contribution in [0.1, 0.15) is 37.2 Å². The number of carbonyl (C=O) groups is 1. The highest BCUT2D eigenvalue weighted by molar-refractivity contribution is 5.79. The second-order valence-corrected chi connectivity index (χ2v) is 5.95. The van der Waals surface area contributed by atoms with E-state index < -0.39 is 0 Å². The van der Waals surface area contributed by atoms with Crippen LogP contribution in [0.25, 0.3) is 0 Å². The maximum absolute atomic E-state index is 12.6. The van der Waals surface area contributed by atoms with Crippen LogP contribution in [0, 0.1) is 5.92 Å². The molecule has 0 N–H and O–H groups in total. The predicted molar refractivity (Wildman–Crippen MR) is 78.5 cm³/mol. The first-order chi connectivity index (χ1) is 9.84. The second kappa shape index (κ2) is 6.40. The Kier molecular flexibility index (Phi) is 4.36. The van der Waals surface area contributed by atoms with Crippen molar-refractivity contribution in [2.24, 2.45) is 5.92 Å². The summed E-state index contributed by atoms with van der Waals surface area (Å²) in [6.07, 6.45) is 4.42. The molecule has 1 amide bonds. The van der Waals surface area contributed by atoms with E-state index in [1.807, 2.05) is 0 Å². The van der Waals surface area contributed by atoms with E-state index in [0.29, 0.717) is 18.4 Å². The van der Waals surface area contributed by atoms with E-state index in [9.17, 15) is 4.79 Å². The van der Waals surface area contributed by atoms with Crippen molar-refractivity contribution in [3.05, 3.63) is 35.9 Å². The van der Waals surface area contributed by atoms with E-state index in [4.69, 9.17) is 4.74 Å². The van der Waals surface area contributed by atoms with Gasteiger partial charge in [-0.2, -0.15) is 0 Å². The highest BCUT2D eigenvalue weighted by atomic mass is 16.5. The summed E-state index contributed by atoms with van der Waals surface area (Å²) in [5.41, 5.74) is 1.37. The highest BCUT2D eigenvalue weighted by Gasteiger charge is 2.30. The molecule has 1 aromatic carbocycles. The number of benzene rings is 1. The third-order valence-corrected chi connectivity index (χ3v) is 4.53. The van der Waals surface area contributed by atoms with Gasteiger partial charge in [0, 0.05) is 25.6 Å². The van der Waals surface area contributed by atoms with E-state index in [-0.39, 0.29) is 5.92 Å². The number of carbonyl (C=O) groups excluding carboxylic acids is 1. The van der Waals surface area contributed by atoms with Crippen molar-refractivity contribution in [1.29, 1.82) is 0 Å². The molecule has 2 aliphatic rings. The Morgan fingerprint density at radius 2 is 2.00 bits per heavy atom. The third-order valence-electron chi connectivity index (χ3n) is 4.53. The molecule has 108 valence electrons. The number of nitrogens with zero attached hydrogens (tertiary/aromatic N) is 1. The van der Waals surface area contributed by atoms with Crippen LogP contribution in [0.4, 0.5) is 0 Å². The Morgan fingerprint density at radius 3 is 2.75 bits per heavy atom. The summed E-state index contributed by atoms with van der Waals surface area (Å²) in [6.45, 7) is 3.15. The number of rotatable bonds is 2. The molecule has 2 heterocycles. The van der Waals surface area contributed by atoms with Crippen LogP contribution in [0.3, 0.4) is 0 Å². The van der Waals surface area contributed by atoms with Gasteiger partial charge in [-0.15, -0.1) is 0 Å². The van der Waals surface area contributed by atoms with Gasteiger partial charge in [0.25, 0.3) is 0 Å². The van der Waals surface area contributed by atoms with Crippen molar-refractivity contribution in [3.63, 3.8) is 0 Å². The Morgan fingerprint density at radius 1 is 1.15 bits per heavy atom.